The fourth-order valence-corrected chi connectivity index (χ4v) is 2.88. The third kappa shape index (κ3) is 3.40. The third-order valence-electron chi connectivity index (χ3n) is 4.11. The van der Waals surface area contributed by atoms with Crippen LogP contribution in [-0.2, 0) is 9.59 Å². The predicted molar refractivity (Wildman–Crippen MR) is 86.5 cm³/mol. The summed E-state index contributed by atoms with van der Waals surface area (Å²) in [6.07, 6.45) is 2.31. The summed E-state index contributed by atoms with van der Waals surface area (Å²) >= 11 is 0. The van der Waals surface area contributed by atoms with Crippen LogP contribution >= 0.6 is 0 Å². The first kappa shape index (κ1) is 16.0. The zero-order valence-electron chi connectivity index (χ0n) is 13.1. The molecule has 2 amide bonds. The first-order valence-corrected chi connectivity index (χ1v) is 7.80. The van der Waals surface area contributed by atoms with Crippen molar-refractivity contribution in [3.05, 3.63) is 40.8 Å². The number of carbonyl (C=O) groups excluding carboxylic acids is 2. The molecule has 0 bridgehead atoms. The van der Waals surface area contributed by atoms with Gasteiger partial charge in [-0.25, -0.2) is 4.79 Å². The van der Waals surface area contributed by atoms with Gasteiger partial charge < -0.3 is 19.8 Å². The Kier molecular flexibility index (Phi) is 4.50. The molecule has 1 aromatic carbocycles. The molecule has 2 aromatic rings. The maximum atomic E-state index is 12.3. The molecule has 2 heterocycles. The van der Waals surface area contributed by atoms with E-state index in [9.17, 15) is 14.4 Å². The summed E-state index contributed by atoms with van der Waals surface area (Å²) in [5.74, 6) is -0.360. The van der Waals surface area contributed by atoms with Crippen LogP contribution in [0.15, 0.2) is 39.5 Å². The van der Waals surface area contributed by atoms with Crippen LogP contribution in [0.4, 0.5) is 0 Å². The van der Waals surface area contributed by atoms with Gasteiger partial charge in [0.25, 0.3) is 5.91 Å². The molecule has 126 valence electrons. The highest BCUT2D eigenvalue weighted by Gasteiger charge is 2.30. The van der Waals surface area contributed by atoms with Gasteiger partial charge in [0.15, 0.2) is 6.61 Å². The molecule has 1 aliphatic heterocycles. The van der Waals surface area contributed by atoms with Gasteiger partial charge in [0.1, 0.15) is 17.4 Å². The molecule has 7 heteroatoms. The molecule has 24 heavy (non-hydrogen) atoms. The van der Waals surface area contributed by atoms with Crippen LogP contribution in [0.2, 0.25) is 0 Å². The number of ether oxygens (including phenoxy) is 1. The topological polar surface area (TPSA) is 103 Å². The molecule has 1 unspecified atom stereocenters. The molecule has 1 fully saturated rings. The SMILES string of the molecule is NC(=O)C1CCCCN1C(=O)COc1ccc2ccc(=O)oc2c1. The quantitative estimate of drug-likeness (QED) is 0.844. The van der Waals surface area contributed by atoms with E-state index in [4.69, 9.17) is 14.9 Å². The van der Waals surface area contributed by atoms with Crippen molar-refractivity contribution >= 4 is 22.8 Å². The number of carbonyl (C=O) groups is 2. The van der Waals surface area contributed by atoms with Crippen LogP contribution in [0.5, 0.6) is 5.75 Å². The van der Waals surface area contributed by atoms with Gasteiger partial charge in [0.05, 0.1) is 0 Å². The van der Waals surface area contributed by atoms with Crippen LogP contribution in [0.3, 0.4) is 0 Å². The smallest absolute Gasteiger partial charge is 0.336 e. The Morgan fingerprint density at radius 3 is 2.83 bits per heavy atom. The summed E-state index contributed by atoms with van der Waals surface area (Å²) < 4.78 is 10.6. The van der Waals surface area contributed by atoms with Crippen molar-refractivity contribution in [2.45, 2.75) is 25.3 Å². The van der Waals surface area contributed by atoms with Crippen molar-refractivity contribution in [3.63, 3.8) is 0 Å². The maximum Gasteiger partial charge on any atom is 0.336 e. The monoisotopic (exact) mass is 330 g/mol. The minimum Gasteiger partial charge on any atom is -0.484 e. The van der Waals surface area contributed by atoms with Crippen LogP contribution in [0.25, 0.3) is 11.0 Å². The molecule has 1 atom stereocenters. The Morgan fingerprint density at radius 1 is 1.25 bits per heavy atom. The van der Waals surface area contributed by atoms with E-state index in [0.717, 1.165) is 18.2 Å². The van der Waals surface area contributed by atoms with Gasteiger partial charge in [-0.2, -0.15) is 0 Å². The summed E-state index contributed by atoms with van der Waals surface area (Å²) in [4.78, 5) is 36.5. The van der Waals surface area contributed by atoms with E-state index < -0.39 is 17.6 Å². The highest BCUT2D eigenvalue weighted by Crippen LogP contribution is 2.20. The number of likely N-dealkylation sites (tertiary alicyclic amines) is 1. The Hall–Kier alpha value is -2.83. The van der Waals surface area contributed by atoms with Crippen molar-refractivity contribution in [1.82, 2.24) is 4.90 Å². The Bertz CT molecular complexity index is 829. The summed E-state index contributed by atoms with van der Waals surface area (Å²) in [6.45, 7) is 0.300. The number of benzene rings is 1. The largest absolute Gasteiger partial charge is 0.484 e. The molecular formula is C17H18N2O5. The van der Waals surface area contributed by atoms with Crippen LogP contribution in [-0.4, -0.2) is 35.9 Å². The molecule has 1 aliphatic rings. The standard InChI is InChI=1S/C17H18N2O5/c18-17(22)13-3-1-2-8-19(13)15(20)10-23-12-6-4-11-5-7-16(21)24-14(11)9-12/h4-7,9,13H,1-3,8,10H2,(H2,18,22). The van der Waals surface area contributed by atoms with E-state index in [2.05, 4.69) is 0 Å². The second-order valence-corrected chi connectivity index (χ2v) is 5.74. The highest BCUT2D eigenvalue weighted by molar-refractivity contribution is 5.87. The van der Waals surface area contributed by atoms with Gasteiger partial charge in [-0.1, -0.05) is 0 Å². The number of nitrogens with zero attached hydrogens (tertiary/aromatic N) is 1. The van der Waals surface area contributed by atoms with E-state index >= 15 is 0 Å². The summed E-state index contributed by atoms with van der Waals surface area (Å²) in [6, 6.07) is 7.42. The number of hydrogen-bond acceptors (Lipinski definition) is 5. The molecular weight excluding hydrogens is 312 g/mol. The molecule has 0 radical (unpaired) electrons. The normalized spacial score (nSPS) is 17.7. The second-order valence-electron chi connectivity index (χ2n) is 5.74. The Balaban J connectivity index is 1.69. The first-order chi connectivity index (χ1) is 11.5. The van der Waals surface area contributed by atoms with Gasteiger partial charge in [-0.05, 0) is 37.5 Å². The zero-order chi connectivity index (χ0) is 17.1. The van der Waals surface area contributed by atoms with E-state index in [1.807, 2.05) is 0 Å². The molecule has 1 aromatic heterocycles. The summed E-state index contributed by atoms with van der Waals surface area (Å²) in [5.41, 5.74) is 5.30. The minimum atomic E-state index is -0.565. The van der Waals surface area contributed by atoms with E-state index in [1.54, 1.807) is 24.3 Å². The molecule has 3 rings (SSSR count). The lowest BCUT2D eigenvalue weighted by Gasteiger charge is -2.33. The number of fused-ring (bicyclic) bond motifs is 1. The molecule has 0 saturated carbocycles. The highest BCUT2D eigenvalue weighted by atomic mass is 16.5. The minimum absolute atomic E-state index is 0.202. The predicted octanol–water partition coefficient (Wildman–Crippen LogP) is 1.04. The number of hydrogen-bond donors (Lipinski definition) is 1. The fourth-order valence-electron chi connectivity index (χ4n) is 2.88. The lowest BCUT2D eigenvalue weighted by atomic mass is 10.0. The number of rotatable bonds is 4. The number of primary amides is 1. The van der Waals surface area contributed by atoms with Gasteiger partial charge >= 0.3 is 5.63 Å². The van der Waals surface area contributed by atoms with Gasteiger partial charge in [0, 0.05) is 24.1 Å². The van der Waals surface area contributed by atoms with Crippen molar-refractivity contribution in [3.8, 4) is 5.75 Å². The molecule has 7 nitrogen and oxygen atoms in total. The number of piperidine rings is 1. The van der Waals surface area contributed by atoms with Crippen molar-refractivity contribution in [2.24, 2.45) is 5.73 Å². The average Bonchev–Trinajstić information content (AvgIpc) is 2.59. The lowest BCUT2D eigenvalue weighted by molar-refractivity contribution is -0.142. The maximum absolute atomic E-state index is 12.3. The third-order valence-corrected chi connectivity index (χ3v) is 4.11. The lowest BCUT2D eigenvalue weighted by Crippen LogP contribution is -2.51. The Labute approximate surface area is 138 Å². The molecule has 2 N–H and O–H groups in total. The van der Waals surface area contributed by atoms with Crippen LogP contribution in [0, 0.1) is 0 Å². The number of amides is 2. The fraction of sp³-hybridized carbons (Fsp3) is 0.353. The van der Waals surface area contributed by atoms with Gasteiger partial charge in [0.2, 0.25) is 5.91 Å². The molecule has 1 saturated heterocycles. The van der Waals surface area contributed by atoms with Crippen molar-refractivity contribution in [1.29, 1.82) is 0 Å². The van der Waals surface area contributed by atoms with Gasteiger partial charge in [-0.3, -0.25) is 9.59 Å². The van der Waals surface area contributed by atoms with Crippen LogP contribution in [0.1, 0.15) is 19.3 Å². The molecule has 0 aliphatic carbocycles. The van der Waals surface area contributed by atoms with E-state index in [-0.39, 0.29) is 12.5 Å². The van der Waals surface area contributed by atoms with E-state index in [0.29, 0.717) is 24.3 Å². The number of nitrogens with two attached hydrogens (primary N) is 1. The zero-order valence-corrected chi connectivity index (χ0v) is 13.1. The van der Waals surface area contributed by atoms with Gasteiger partial charge in [-0.15, -0.1) is 0 Å². The molecule has 0 spiro atoms. The summed E-state index contributed by atoms with van der Waals surface area (Å²) in [5, 5.41) is 0.762. The first-order valence-electron chi connectivity index (χ1n) is 7.80. The average molecular weight is 330 g/mol. The summed E-state index contributed by atoms with van der Waals surface area (Å²) in [7, 11) is 0. The van der Waals surface area contributed by atoms with Crippen molar-refractivity contribution in [2.75, 3.05) is 13.2 Å². The Morgan fingerprint density at radius 2 is 2.04 bits per heavy atom. The van der Waals surface area contributed by atoms with Crippen molar-refractivity contribution < 1.29 is 18.7 Å². The van der Waals surface area contributed by atoms with Crippen LogP contribution < -0.4 is 16.1 Å². The second kappa shape index (κ2) is 6.74. The van der Waals surface area contributed by atoms with E-state index in [1.165, 1.54) is 11.0 Å².